The van der Waals surface area contributed by atoms with Crippen molar-refractivity contribution in [2.45, 2.75) is 105 Å². The molecular formula is C37H59N5O5. The Bertz CT molecular complexity index is 1240. The van der Waals surface area contributed by atoms with Crippen molar-refractivity contribution in [3.8, 4) is 12.3 Å². The fourth-order valence-electron chi connectivity index (χ4n) is 6.30. The van der Waals surface area contributed by atoms with Crippen molar-refractivity contribution >= 4 is 29.5 Å². The average Bonchev–Trinajstić information content (AvgIpc) is 3.00. The Morgan fingerprint density at radius 1 is 0.660 bits per heavy atom. The molecule has 1 rings (SSSR count). The molecule has 1 aromatic carbocycles. The lowest BCUT2D eigenvalue weighted by molar-refractivity contribution is -0.157. The monoisotopic (exact) mass is 653 g/mol. The van der Waals surface area contributed by atoms with Gasteiger partial charge in [-0.15, -0.1) is 12.3 Å². The zero-order valence-corrected chi connectivity index (χ0v) is 30.5. The molecule has 0 bridgehead atoms. The van der Waals surface area contributed by atoms with Gasteiger partial charge in [-0.05, 0) is 36.2 Å². The van der Waals surface area contributed by atoms with E-state index in [1.54, 1.807) is 21.1 Å². The van der Waals surface area contributed by atoms with Gasteiger partial charge in [0.1, 0.15) is 24.2 Å². The molecule has 1 aromatic rings. The zero-order valence-electron chi connectivity index (χ0n) is 30.5. The largest absolute Gasteiger partial charge is 0.368 e. The third kappa shape index (κ3) is 11.1. The van der Waals surface area contributed by atoms with Gasteiger partial charge in [-0.25, -0.2) is 0 Å². The summed E-state index contributed by atoms with van der Waals surface area (Å²) in [4.78, 5) is 73.9. The number of unbranched alkanes of at least 4 members (excludes halogenated alkanes) is 2. The first kappa shape index (κ1) is 41.2. The predicted octanol–water partition coefficient (Wildman–Crippen LogP) is 3.82. The number of hydrogen-bond acceptors (Lipinski definition) is 5. The highest BCUT2D eigenvalue weighted by Crippen LogP contribution is 2.24. The normalized spacial score (nSPS) is 14.5. The number of benzene rings is 1. The molecule has 0 spiro atoms. The Morgan fingerprint density at radius 2 is 1.06 bits per heavy atom. The smallest absolute Gasteiger partial charge is 0.246 e. The number of carbonyl (C=O) groups is 5. The first-order valence-electron chi connectivity index (χ1n) is 16.7. The minimum Gasteiger partial charge on any atom is -0.368 e. The third-order valence-corrected chi connectivity index (χ3v) is 8.99. The SMILES string of the molecule is C#CCCCC[C@H](C)C(=O)N(C)[C@H](C(=O)N(C)C(C(=O)N(C)[C@H](C(=O)N(C)[C@@H](Cc1ccccc1)C(N)=O)C(C)C)C(C)C)C(C)C. The maximum Gasteiger partial charge on any atom is 0.246 e. The number of primary amides is 1. The number of nitrogens with zero attached hydrogens (tertiary/aromatic N) is 4. The van der Waals surface area contributed by atoms with E-state index in [4.69, 9.17) is 12.2 Å². The Kier molecular flexibility index (Phi) is 16.7. The molecule has 0 aliphatic carbocycles. The van der Waals surface area contributed by atoms with Crippen LogP contribution in [0.1, 0.15) is 79.7 Å². The molecule has 0 heterocycles. The number of carbonyl (C=O) groups excluding carboxylic acids is 5. The minimum atomic E-state index is -0.921. The summed E-state index contributed by atoms with van der Waals surface area (Å²) < 4.78 is 0. The molecule has 0 aromatic heterocycles. The summed E-state index contributed by atoms with van der Waals surface area (Å²) in [6.07, 6.45) is 8.57. The summed E-state index contributed by atoms with van der Waals surface area (Å²) in [5.74, 6) is -0.470. The molecule has 0 aliphatic rings. The van der Waals surface area contributed by atoms with Crippen LogP contribution < -0.4 is 5.73 Å². The van der Waals surface area contributed by atoms with Gasteiger partial charge >= 0.3 is 0 Å². The molecule has 10 nitrogen and oxygen atoms in total. The van der Waals surface area contributed by atoms with Crippen LogP contribution in [0.25, 0.3) is 0 Å². The van der Waals surface area contributed by atoms with Crippen molar-refractivity contribution in [1.82, 2.24) is 19.6 Å². The van der Waals surface area contributed by atoms with E-state index in [-0.39, 0.29) is 41.9 Å². The van der Waals surface area contributed by atoms with Crippen molar-refractivity contribution < 1.29 is 24.0 Å². The number of hydrogen-bond donors (Lipinski definition) is 1. The molecule has 0 radical (unpaired) electrons. The van der Waals surface area contributed by atoms with Crippen LogP contribution >= 0.6 is 0 Å². The number of rotatable bonds is 18. The first-order valence-corrected chi connectivity index (χ1v) is 16.7. The molecule has 1 unspecified atom stereocenters. The van der Waals surface area contributed by atoms with Crippen molar-refractivity contribution in [3.63, 3.8) is 0 Å². The van der Waals surface area contributed by atoms with Gasteiger partial charge in [0, 0.05) is 47.0 Å². The summed E-state index contributed by atoms with van der Waals surface area (Å²) in [6, 6.07) is 5.76. The minimum absolute atomic E-state index is 0.135. The second-order valence-electron chi connectivity index (χ2n) is 13.8. The Hall–Kier alpha value is -3.87. The van der Waals surface area contributed by atoms with E-state index < -0.39 is 41.9 Å². The van der Waals surface area contributed by atoms with Crippen LogP contribution in [-0.2, 0) is 30.4 Å². The van der Waals surface area contributed by atoms with E-state index in [1.165, 1.54) is 26.6 Å². The number of likely N-dealkylation sites (N-methyl/N-ethyl adjacent to an activating group) is 4. The van der Waals surface area contributed by atoms with Crippen LogP contribution in [0.5, 0.6) is 0 Å². The van der Waals surface area contributed by atoms with E-state index in [9.17, 15) is 24.0 Å². The summed E-state index contributed by atoms with van der Waals surface area (Å²) in [7, 11) is 6.31. The number of amides is 5. The van der Waals surface area contributed by atoms with Gasteiger partial charge in [-0.1, -0.05) is 85.2 Å². The van der Waals surface area contributed by atoms with Crippen LogP contribution in [0.3, 0.4) is 0 Å². The van der Waals surface area contributed by atoms with E-state index in [1.807, 2.05) is 78.8 Å². The summed E-state index contributed by atoms with van der Waals surface area (Å²) in [5.41, 5.74) is 6.61. The van der Waals surface area contributed by atoms with Crippen LogP contribution in [0.4, 0.5) is 0 Å². The second-order valence-corrected chi connectivity index (χ2v) is 13.8. The van der Waals surface area contributed by atoms with Gasteiger partial charge in [0.15, 0.2) is 0 Å². The molecule has 0 saturated heterocycles. The maximum atomic E-state index is 14.2. The molecule has 262 valence electrons. The molecule has 0 fully saturated rings. The van der Waals surface area contributed by atoms with Crippen LogP contribution in [0.2, 0.25) is 0 Å². The standard InChI is InChI=1S/C37H59N5O5/c1-13-14-15-17-20-27(8)34(44)40(10)31(25(4)5)36(46)42(12)32(26(6)7)37(47)41(11)30(24(2)3)35(45)39(9)29(33(38)43)23-28-21-18-16-19-22-28/h1,16,18-19,21-22,24-27,29-32H,14-15,17,20,23H2,2-12H3,(H2,38,43)/t27-,29-,30-,31-,32?/m0/s1. The van der Waals surface area contributed by atoms with Crippen molar-refractivity contribution in [3.05, 3.63) is 35.9 Å². The Balaban J connectivity index is 3.31. The molecule has 5 amide bonds. The summed E-state index contributed by atoms with van der Waals surface area (Å²) in [5, 5.41) is 0. The van der Waals surface area contributed by atoms with Gasteiger partial charge in [0.2, 0.25) is 29.5 Å². The lowest BCUT2D eigenvalue weighted by Crippen LogP contribution is -2.61. The van der Waals surface area contributed by atoms with Crippen LogP contribution in [0, 0.1) is 36.0 Å². The second kappa shape index (κ2) is 19.1. The predicted molar refractivity (Wildman–Crippen MR) is 187 cm³/mol. The van der Waals surface area contributed by atoms with Crippen LogP contribution in [-0.4, -0.2) is 101 Å². The molecule has 0 aliphatic heterocycles. The van der Waals surface area contributed by atoms with Crippen molar-refractivity contribution in [1.29, 1.82) is 0 Å². The topological polar surface area (TPSA) is 124 Å². The molecule has 5 atom stereocenters. The zero-order chi connectivity index (χ0) is 36.2. The molecular weight excluding hydrogens is 594 g/mol. The number of nitrogens with two attached hydrogens (primary N) is 1. The van der Waals surface area contributed by atoms with Gasteiger partial charge in [-0.2, -0.15) is 0 Å². The van der Waals surface area contributed by atoms with Crippen molar-refractivity contribution in [2.75, 3.05) is 28.2 Å². The van der Waals surface area contributed by atoms with E-state index in [0.717, 1.165) is 18.4 Å². The Morgan fingerprint density at radius 3 is 1.45 bits per heavy atom. The van der Waals surface area contributed by atoms with Gasteiger partial charge in [0.05, 0.1) is 0 Å². The van der Waals surface area contributed by atoms with Gasteiger partial charge in [0.25, 0.3) is 0 Å². The van der Waals surface area contributed by atoms with Crippen molar-refractivity contribution in [2.24, 2.45) is 29.4 Å². The molecule has 0 saturated carbocycles. The fraction of sp³-hybridized carbons (Fsp3) is 0.649. The van der Waals surface area contributed by atoms with E-state index in [2.05, 4.69) is 5.92 Å². The van der Waals surface area contributed by atoms with E-state index in [0.29, 0.717) is 12.8 Å². The third-order valence-electron chi connectivity index (χ3n) is 8.99. The molecule has 47 heavy (non-hydrogen) atoms. The highest BCUT2D eigenvalue weighted by Gasteiger charge is 2.42. The fourth-order valence-corrected chi connectivity index (χ4v) is 6.30. The Labute approximate surface area is 283 Å². The highest BCUT2D eigenvalue weighted by molar-refractivity contribution is 5.95. The van der Waals surface area contributed by atoms with Gasteiger partial charge < -0.3 is 25.3 Å². The summed E-state index contributed by atoms with van der Waals surface area (Å²) >= 11 is 0. The van der Waals surface area contributed by atoms with Gasteiger partial charge in [-0.3, -0.25) is 24.0 Å². The highest BCUT2D eigenvalue weighted by atomic mass is 16.2. The maximum absolute atomic E-state index is 14.2. The molecule has 2 N–H and O–H groups in total. The first-order chi connectivity index (χ1) is 21.9. The van der Waals surface area contributed by atoms with Crippen LogP contribution in [0.15, 0.2) is 30.3 Å². The molecule has 10 heteroatoms. The quantitative estimate of drug-likeness (QED) is 0.191. The average molecular weight is 654 g/mol. The summed E-state index contributed by atoms with van der Waals surface area (Å²) in [6.45, 7) is 13.0. The van der Waals surface area contributed by atoms with E-state index >= 15 is 0 Å². The lowest BCUT2D eigenvalue weighted by Gasteiger charge is -2.41. The number of terminal acetylenes is 1. The lowest BCUT2D eigenvalue weighted by atomic mass is 9.93.